The molecule has 7 nitrogen and oxygen atoms in total. The molecule has 1 aromatic heterocycles. The van der Waals surface area contributed by atoms with Gasteiger partial charge < -0.3 is 9.64 Å². The van der Waals surface area contributed by atoms with Gasteiger partial charge in [-0.25, -0.2) is 12.7 Å². The Balaban J connectivity index is 1.38. The summed E-state index contributed by atoms with van der Waals surface area (Å²) in [4.78, 5) is 18.8. The lowest BCUT2D eigenvalue weighted by atomic mass is 9.78. The van der Waals surface area contributed by atoms with Gasteiger partial charge in [0.25, 0.3) is 5.91 Å². The number of hydrogen-bond donors (Lipinski definition) is 0. The van der Waals surface area contributed by atoms with Crippen LogP contribution in [0.1, 0.15) is 23.2 Å². The number of fused-ring (bicyclic) bond motifs is 1. The molecule has 1 spiro atoms. The van der Waals surface area contributed by atoms with Gasteiger partial charge in [-0.2, -0.15) is 0 Å². The van der Waals surface area contributed by atoms with E-state index in [0.29, 0.717) is 50.4 Å². The molecule has 0 atom stereocenters. The summed E-state index contributed by atoms with van der Waals surface area (Å²) in [6.45, 7) is 1.86. The molecule has 2 aliphatic rings. The van der Waals surface area contributed by atoms with Crippen LogP contribution in [0.3, 0.4) is 0 Å². The molecule has 2 aliphatic heterocycles. The van der Waals surface area contributed by atoms with Crippen molar-refractivity contribution in [2.24, 2.45) is 5.41 Å². The smallest absolute Gasteiger partial charge is 0.253 e. The minimum Gasteiger partial charge on any atom is -0.492 e. The molecule has 3 heterocycles. The molecule has 0 saturated carbocycles. The first-order chi connectivity index (χ1) is 16.4. The van der Waals surface area contributed by atoms with Crippen molar-refractivity contribution in [1.29, 1.82) is 0 Å². The molecule has 1 saturated heterocycles. The summed E-state index contributed by atoms with van der Waals surface area (Å²) in [7, 11) is -2.10. The highest BCUT2D eigenvalue weighted by molar-refractivity contribution is 7.89. The first kappa shape index (κ1) is 22.6. The van der Waals surface area contributed by atoms with Crippen LogP contribution >= 0.6 is 0 Å². The van der Waals surface area contributed by atoms with Crippen molar-refractivity contribution in [3.63, 3.8) is 0 Å². The summed E-state index contributed by atoms with van der Waals surface area (Å²) in [6, 6.07) is 18.5. The van der Waals surface area contributed by atoms with Gasteiger partial charge in [-0.3, -0.25) is 9.78 Å². The Labute approximate surface area is 200 Å². The summed E-state index contributed by atoms with van der Waals surface area (Å²) in [5.74, 6) is 0.352. The number of ether oxygens (including phenoxy) is 1. The summed E-state index contributed by atoms with van der Waals surface area (Å²) >= 11 is 0. The lowest BCUT2D eigenvalue weighted by Gasteiger charge is -2.44. The van der Waals surface area contributed by atoms with Crippen LogP contribution in [0.25, 0.3) is 11.1 Å². The molecule has 0 aliphatic carbocycles. The summed E-state index contributed by atoms with van der Waals surface area (Å²) in [5, 5.41) is 0. The van der Waals surface area contributed by atoms with Gasteiger partial charge in [0, 0.05) is 50.1 Å². The fourth-order valence-corrected chi connectivity index (χ4v) is 6.24. The molecule has 5 rings (SSSR count). The second-order valence-corrected chi connectivity index (χ2v) is 11.1. The lowest BCUT2D eigenvalue weighted by Crippen LogP contribution is -2.51. The molecule has 3 aromatic rings. The zero-order valence-corrected chi connectivity index (χ0v) is 19.9. The minimum atomic E-state index is -3.74. The molecular weight excluding hydrogens is 450 g/mol. The Morgan fingerprint density at radius 2 is 1.68 bits per heavy atom. The monoisotopic (exact) mass is 477 g/mol. The Morgan fingerprint density at radius 3 is 2.38 bits per heavy atom. The van der Waals surface area contributed by atoms with Crippen LogP contribution in [-0.4, -0.2) is 61.8 Å². The maximum absolute atomic E-state index is 13.5. The van der Waals surface area contributed by atoms with Crippen LogP contribution in [-0.2, 0) is 10.0 Å². The Bertz CT molecular complexity index is 1290. The number of nitrogens with zero attached hydrogens (tertiary/aromatic N) is 3. The van der Waals surface area contributed by atoms with E-state index in [1.165, 1.54) is 4.31 Å². The van der Waals surface area contributed by atoms with Crippen LogP contribution in [0.2, 0.25) is 0 Å². The van der Waals surface area contributed by atoms with E-state index in [-0.39, 0.29) is 16.2 Å². The molecule has 1 amide bonds. The summed E-state index contributed by atoms with van der Waals surface area (Å²) in [5.41, 5.74) is 2.04. The Morgan fingerprint density at radius 1 is 0.971 bits per heavy atom. The number of hydrogen-bond acceptors (Lipinski definition) is 5. The maximum atomic E-state index is 13.5. The van der Waals surface area contributed by atoms with E-state index in [2.05, 4.69) is 4.98 Å². The topological polar surface area (TPSA) is 79.8 Å². The van der Waals surface area contributed by atoms with E-state index >= 15 is 0 Å². The number of piperidine rings is 1. The molecule has 0 N–H and O–H groups in total. The van der Waals surface area contributed by atoms with Crippen LogP contribution in [0, 0.1) is 5.41 Å². The zero-order valence-electron chi connectivity index (χ0n) is 19.1. The van der Waals surface area contributed by atoms with Gasteiger partial charge in [0.2, 0.25) is 10.0 Å². The van der Waals surface area contributed by atoms with Crippen LogP contribution in [0.15, 0.2) is 78.0 Å². The normalized spacial score (nSPS) is 19.5. The molecule has 176 valence electrons. The number of carbonyl (C=O) groups is 1. The minimum absolute atomic E-state index is 0.0243. The number of likely N-dealkylation sites (tertiary alicyclic amines) is 1. The quantitative estimate of drug-likeness (QED) is 0.563. The number of amides is 1. The SMILES string of the molecule is CN1CC2(CCN(C(=O)c3ccncc3)CC2)COc2ccc(-c3ccccc3)cc2S1(=O)=O. The predicted octanol–water partition coefficient (Wildman–Crippen LogP) is 3.68. The molecule has 1 fully saturated rings. The Kier molecular flexibility index (Phi) is 5.87. The largest absolute Gasteiger partial charge is 0.492 e. The predicted molar refractivity (Wildman–Crippen MR) is 129 cm³/mol. The van der Waals surface area contributed by atoms with Crippen molar-refractivity contribution < 1.29 is 17.9 Å². The number of sulfonamides is 1. The van der Waals surface area contributed by atoms with Gasteiger partial charge in [-0.05, 0) is 48.2 Å². The fourth-order valence-electron chi connectivity index (χ4n) is 4.80. The van der Waals surface area contributed by atoms with Crippen molar-refractivity contribution in [3.05, 3.63) is 78.6 Å². The molecule has 0 bridgehead atoms. The first-order valence-corrected chi connectivity index (χ1v) is 12.8. The van der Waals surface area contributed by atoms with Crippen molar-refractivity contribution in [1.82, 2.24) is 14.2 Å². The number of aromatic nitrogens is 1. The van der Waals surface area contributed by atoms with Crippen molar-refractivity contribution in [3.8, 4) is 16.9 Å². The second kappa shape index (κ2) is 8.85. The fraction of sp³-hybridized carbons (Fsp3) is 0.308. The standard InChI is InChI=1S/C26H27N3O4S/c1-28-18-26(11-15-29(16-12-26)25(30)21-9-13-27-14-10-21)19-33-23-8-7-22(17-24(23)34(28,31)32)20-5-3-2-4-6-20/h2-10,13-14,17H,11-12,15-16,18-19H2,1H3. The molecule has 8 heteroatoms. The van der Waals surface area contributed by atoms with Crippen LogP contribution in [0.5, 0.6) is 5.75 Å². The molecule has 2 aromatic carbocycles. The van der Waals surface area contributed by atoms with Gasteiger partial charge in [0.1, 0.15) is 10.6 Å². The van der Waals surface area contributed by atoms with Gasteiger partial charge in [-0.15, -0.1) is 0 Å². The van der Waals surface area contributed by atoms with Crippen molar-refractivity contribution >= 4 is 15.9 Å². The third-order valence-electron chi connectivity index (χ3n) is 6.87. The summed E-state index contributed by atoms with van der Waals surface area (Å²) in [6.07, 6.45) is 4.56. The van der Waals surface area contributed by atoms with E-state index in [9.17, 15) is 13.2 Å². The summed E-state index contributed by atoms with van der Waals surface area (Å²) < 4.78 is 34.6. The van der Waals surface area contributed by atoms with Crippen LogP contribution in [0.4, 0.5) is 0 Å². The Hall–Kier alpha value is -3.23. The van der Waals surface area contributed by atoms with Gasteiger partial charge in [0.05, 0.1) is 6.61 Å². The number of pyridine rings is 1. The van der Waals surface area contributed by atoms with Crippen molar-refractivity contribution in [2.45, 2.75) is 17.7 Å². The first-order valence-electron chi connectivity index (χ1n) is 11.4. The average molecular weight is 478 g/mol. The third kappa shape index (κ3) is 4.19. The second-order valence-electron chi connectivity index (χ2n) is 9.11. The zero-order chi connectivity index (χ0) is 23.8. The highest BCUT2D eigenvalue weighted by Gasteiger charge is 2.42. The van der Waals surface area contributed by atoms with E-state index < -0.39 is 10.0 Å². The van der Waals surface area contributed by atoms with Crippen molar-refractivity contribution in [2.75, 3.05) is 33.3 Å². The van der Waals surface area contributed by atoms with Crippen LogP contribution < -0.4 is 4.74 Å². The van der Waals surface area contributed by atoms with E-state index in [1.54, 1.807) is 43.7 Å². The molecule has 0 unspecified atom stereocenters. The highest BCUT2D eigenvalue weighted by atomic mass is 32.2. The number of carbonyl (C=O) groups excluding carboxylic acids is 1. The maximum Gasteiger partial charge on any atom is 0.253 e. The number of benzene rings is 2. The van der Waals surface area contributed by atoms with E-state index in [0.717, 1.165) is 11.1 Å². The number of rotatable bonds is 2. The average Bonchev–Trinajstić information content (AvgIpc) is 2.88. The van der Waals surface area contributed by atoms with Gasteiger partial charge in [0.15, 0.2) is 0 Å². The molecule has 0 radical (unpaired) electrons. The lowest BCUT2D eigenvalue weighted by molar-refractivity contribution is 0.0324. The molecular formula is C26H27N3O4S. The van der Waals surface area contributed by atoms with Gasteiger partial charge in [-0.1, -0.05) is 36.4 Å². The third-order valence-corrected chi connectivity index (χ3v) is 8.69. The highest BCUT2D eigenvalue weighted by Crippen LogP contribution is 2.40. The van der Waals surface area contributed by atoms with E-state index in [4.69, 9.17) is 4.74 Å². The van der Waals surface area contributed by atoms with Gasteiger partial charge >= 0.3 is 0 Å². The molecule has 34 heavy (non-hydrogen) atoms. The van der Waals surface area contributed by atoms with E-state index in [1.807, 2.05) is 41.3 Å².